The SMILES string of the molecule is CC(C)=CCN(C(=O)c1ccc(Cl)cc1Cl)c1cc(-c2ccccc2)sc1OC(=O)O. The Labute approximate surface area is 194 Å². The quantitative estimate of drug-likeness (QED) is 0.298. The van der Waals surface area contributed by atoms with E-state index in [1.165, 1.54) is 11.0 Å². The van der Waals surface area contributed by atoms with E-state index in [2.05, 4.69) is 0 Å². The number of allylic oxidation sites excluding steroid dienone is 1. The summed E-state index contributed by atoms with van der Waals surface area (Å²) >= 11 is 13.4. The molecule has 1 aromatic heterocycles. The summed E-state index contributed by atoms with van der Waals surface area (Å²) in [7, 11) is 0. The monoisotopic (exact) mass is 475 g/mol. The average molecular weight is 476 g/mol. The lowest BCUT2D eigenvalue weighted by Gasteiger charge is -2.22. The molecule has 0 fully saturated rings. The van der Waals surface area contributed by atoms with Gasteiger partial charge in [0.25, 0.3) is 5.91 Å². The number of thiophene rings is 1. The van der Waals surface area contributed by atoms with Crippen LogP contribution < -0.4 is 9.64 Å². The van der Waals surface area contributed by atoms with Crippen molar-refractivity contribution >= 4 is 52.3 Å². The van der Waals surface area contributed by atoms with Gasteiger partial charge in [0.1, 0.15) is 0 Å². The van der Waals surface area contributed by atoms with Gasteiger partial charge in [-0.1, -0.05) is 76.5 Å². The number of carbonyl (C=O) groups is 2. The Kier molecular flexibility index (Phi) is 7.38. The highest BCUT2D eigenvalue weighted by Crippen LogP contribution is 2.43. The number of carbonyl (C=O) groups excluding carboxylic acids is 1. The van der Waals surface area contributed by atoms with Gasteiger partial charge in [-0.15, -0.1) is 0 Å². The predicted molar refractivity (Wildman–Crippen MR) is 126 cm³/mol. The number of ether oxygens (including phenoxy) is 1. The first-order chi connectivity index (χ1) is 14.8. The lowest BCUT2D eigenvalue weighted by atomic mass is 10.1. The zero-order valence-electron chi connectivity index (χ0n) is 16.8. The molecule has 0 atom stereocenters. The fraction of sp³-hybridized carbons (Fsp3) is 0.130. The zero-order valence-corrected chi connectivity index (χ0v) is 19.1. The second kappa shape index (κ2) is 10.0. The molecule has 3 rings (SSSR count). The van der Waals surface area contributed by atoms with Gasteiger partial charge >= 0.3 is 6.16 Å². The molecule has 0 spiro atoms. The van der Waals surface area contributed by atoms with Crippen LogP contribution in [0.5, 0.6) is 5.06 Å². The van der Waals surface area contributed by atoms with Gasteiger partial charge in [0, 0.05) is 16.4 Å². The molecule has 0 aliphatic carbocycles. The summed E-state index contributed by atoms with van der Waals surface area (Å²) in [6.45, 7) is 4.03. The molecule has 0 bridgehead atoms. The number of nitrogens with zero attached hydrogens (tertiary/aromatic N) is 1. The van der Waals surface area contributed by atoms with Crippen molar-refractivity contribution in [3.05, 3.63) is 81.9 Å². The molecule has 0 saturated heterocycles. The Morgan fingerprint density at radius 2 is 1.81 bits per heavy atom. The third-order valence-electron chi connectivity index (χ3n) is 4.30. The highest BCUT2D eigenvalue weighted by Gasteiger charge is 2.26. The van der Waals surface area contributed by atoms with Crippen LogP contribution in [0.3, 0.4) is 0 Å². The summed E-state index contributed by atoms with van der Waals surface area (Å²) in [6, 6.07) is 15.8. The molecule has 160 valence electrons. The van der Waals surface area contributed by atoms with Crippen LogP contribution in [-0.2, 0) is 0 Å². The Hall–Kier alpha value is -2.80. The summed E-state index contributed by atoms with van der Waals surface area (Å²) in [5.74, 6) is -0.396. The van der Waals surface area contributed by atoms with E-state index in [9.17, 15) is 14.7 Å². The maximum absolute atomic E-state index is 13.4. The maximum Gasteiger partial charge on any atom is 0.512 e. The minimum Gasteiger partial charge on any atom is -0.449 e. The summed E-state index contributed by atoms with van der Waals surface area (Å²) in [4.78, 5) is 27.0. The van der Waals surface area contributed by atoms with Crippen LogP contribution >= 0.6 is 34.5 Å². The first kappa shape index (κ1) is 22.9. The van der Waals surface area contributed by atoms with Crippen molar-refractivity contribution in [3.63, 3.8) is 0 Å². The van der Waals surface area contributed by atoms with Crippen molar-refractivity contribution in [2.75, 3.05) is 11.4 Å². The molecule has 0 aliphatic heterocycles. The minimum absolute atomic E-state index is 0.104. The second-order valence-corrected chi connectivity index (χ2v) is 8.70. The molecule has 1 heterocycles. The lowest BCUT2D eigenvalue weighted by molar-refractivity contribution is 0.0988. The van der Waals surface area contributed by atoms with Gasteiger partial charge in [0.2, 0.25) is 5.06 Å². The molecule has 5 nitrogen and oxygen atoms in total. The predicted octanol–water partition coefficient (Wildman–Crippen LogP) is 7.39. The van der Waals surface area contributed by atoms with Crippen molar-refractivity contribution < 1.29 is 19.4 Å². The molecular formula is C23H19Cl2NO4S. The molecule has 0 radical (unpaired) electrons. The fourth-order valence-corrected chi connectivity index (χ4v) is 4.32. The van der Waals surface area contributed by atoms with E-state index in [1.54, 1.807) is 18.2 Å². The largest absolute Gasteiger partial charge is 0.512 e. The van der Waals surface area contributed by atoms with E-state index >= 15 is 0 Å². The van der Waals surface area contributed by atoms with Crippen molar-refractivity contribution in [1.29, 1.82) is 0 Å². The van der Waals surface area contributed by atoms with Gasteiger partial charge in [0.05, 0.1) is 16.3 Å². The first-order valence-corrected chi connectivity index (χ1v) is 10.8. The van der Waals surface area contributed by atoms with Gasteiger partial charge < -0.3 is 14.7 Å². The molecule has 3 aromatic rings. The molecule has 0 saturated carbocycles. The molecule has 2 aromatic carbocycles. The number of anilines is 1. The smallest absolute Gasteiger partial charge is 0.449 e. The highest BCUT2D eigenvalue weighted by molar-refractivity contribution is 7.18. The minimum atomic E-state index is -1.46. The molecule has 1 amide bonds. The number of rotatable bonds is 6. The summed E-state index contributed by atoms with van der Waals surface area (Å²) in [5, 5.41) is 9.96. The van der Waals surface area contributed by atoms with Crippen molar-refractivity contribution in [2.45, 2.75) is 13.8 Å². The molecule has 8 heteroatoms. The molecule has 1 N–H and O–H groups in total. The second-order valence-electron chi connectivity index (χ2n) is 6.84. The van der Waals surface area contributed by atoms with Crippen LogP contribution in [0.1, 0.15) is 24.2 Å². The highest BCUT2D eigenvalue weighted by atomic mass is 35.5. The zero-order chi connectivity index (χ0) is 22.5. The van der Waals surface area contributed by atoms with Gasteiger partial charge in [-0.25, -0.2) is 4.79 Å². The van der Waals surface area contributed by atoms with Crippen LogP contribution in [0.25, 0.3) is 10.4 Å². The Morgan fingerprint density at radius 3 is 2.42 bits per heavy atom. The summed E-state index contributed by atoms with van der Waals surface area (Å²) in [5.41, 5.74) is 2.48. The number of hydrogen-bond acceptors (Lipinski definition) is 4. The van der Waals surface area contributed by atoms with Crippen LogP contribution in [0, 0.1) is 0 Å². The Morgan fingerprint density at radius 1 is 1.10 bits per heavy atom. The number of halogens is 2. The van der Waals surface area contributed by atoms with E-state index in [0.717, 1.165) is 27.4 Å². The molecule has 31 heavy (non-hydrogen) atoms. The third-order valence-corrected chi connectivity index (χ3v) is 5.90. The van der Waals surface area contributed by atoms with Crippen LogP contribution in [-0.4, -0.2) is 23.7 Å². The average Bonchev–Trinajstić information content (AvgIpc) is 3.11. The standard InChI is InChI=1S/C23H19Cl2NO4S/c1-14(2)10-11-26(21(27)17-9-8-16(24)12-18(17)25)19-13-20(15-6-4-3-5-7-15)31-22(19)30-23(28)29/h3-10,12-13H,11H2,1-2H3,(H,28,29). The van der Waals surface area contributed by atoms with Gasteiger partial charge in [-0.3, -0.25) is 4.79 Å². The summed E-state index contributed by atoms with van der Waals surface area (Å²) < 4.78 is 5.04. The Bertz CT molecular complexity index is 1140. The number of benzene rings is 2. The molecular weight excluding hydrogens is 457 g/mol. The number of amides is 1. The van der Waals surface area contributed by atoms with E-state index in [0.29, 0.717) is 10.7 Å². The van der Waals surface area contributed by atoms with Crippen LogP contribution in [0.15, 0.2) is 66.2 Å². The van der Waals surface area contributed by atoms with Crippen molar-refractivity contribution in [2.24, 2.45) is 0 Å². The van der Waals surface area contributed by atoms with Crippen molar-refractivity contribution in [3.8, 4) is 15.5 Å². The lowest BCUT2D eigenvalue weighted by Crippen LogP contribution is -2.31. The normalized spacial score (nSPS) is 10.5. The van der Waals surface area contributed by atoms with Crippen molar-refractivity contribution in [1.82, 2.24) is 0 Å². The van der Waals surface area contributed by atoms with Crippen LogP contribution in [0.4, 0.5) is 10.5 Å². The molecule has 0 unspecified atom stereocenters. The maximum atomic E-state index is 13.4. The third kappa shape index (κ3) is 5.67. The van der Waals surface area contributed by atoms with Gasteiger partial charge in [-0.2, -0.15) is 0 Å². The van der Waals surface area contributed by atoms with E-state index in [-0.39, 0.29) is 22.2 Å². The van der Waals surface area contributed by atoms with Gasteiger partial charge in [-0.05, 0) is 43.7 Å². The topological polar surface area (TPSA) is 66.8 Å². The molecule has 0 aliphatic rings. The number of carboxylic acid groups (broad SMARTS) is 1. The summed E-state index contributed by atoms with van der Waals surface area (Å²) in [6.07, 6.45) is 0.411. The van der Waals surface area contributed by atoms with Crippen LogP contribution in [0.2, 0.25) is 10.0 Å². The fourth-order valence-electron chi connectivity index (χ4n) is 2.82. The first-order valence-electron chi connectivity index (χ1n) is 9.26. The number of hydrogen-bond donors (Lipinski definition) is 1. The van der Waals surface area contributed by atoms with E-state index < -0.39 is 12.1 Å². The van der Waals surface area contributed by atoms with E-state index in [4.69, 9.17) is 27.9 Å². The Balaban J connectivity index is 2.13. The van der Waals surface area contributed by atoms with E-state index in [1.807, 2.05) is 50.3 Å². The van der Waals surface area contributed by atoms with Gasteiger partial charge in [0.15, 0.2) is 0 Å².